The van der Waals surface area contributed by atoms with Gasteiger partial charge in [-0.25, -0.2) is 4.98 Å². The lowest BCUT2D eigenvalue weighted by molar-refractivity contribution is 0.0944. The van der Waals surface area contributed by atoms with E-state index in [-0.39, 0.29) is 5.91 Å². The SMILES string of the molecule is CCc1nc2cc(C)ccn2c1C(=O)NCc1ccc(N2CCN(c3ccc(C)cc3)CC2)cc1. The van der Waals surface area contributed by atoms with Crippen LogP contribution in [0, 0.1) is 13.8 Å². The monoisotopic (exact) mass is 467 g/mol. The molecule has 4 aromatic rings. The maximum Gasteiger partial charge on any atom is 0.270 e. The Morgan fingerprint density at radius 2 is 1.46 bits per heavy atom. The number of imidazole rings is 1. The summed E-state index contributed by atoms with van der Waals surface area (Å²) >= 11 is 0. The van der Waals surface area contributed by atoms with Crippen LogP contribution in [0.2, 0.25) is 0 Å². The highest BCUT2D eigenvalue weighted by molar-refractivity contribution is 5.94. The summed E-state index contributed by atoms with van der Waals surface area (Å²) in [6.07, 6.45) is 2.65. The largest absolute Gasteiger partial charge is 0.368 e. The Hall–Kier alpha value is -3.80. The number of fused-ring (bicyclic) bond motifs is 1. The third kappa shape index (κ3) is 4.87. The molecule has 1 aliphatic rings. The van der Waals surface area contributed by atoms with Crippen LogP contribution in [0.25, 0.3) is 5.65 Å². The summed E-state index contributed by atoms with van der Waals surface area (Å²) in [6.45, 7) is 10.7. The van der Waals surface area contributed by atoms with Crippen LogP contribution in [0.4, 0.5) is 11.4 Å². The van der Waals surface area contributed by atoms with Crippen molar-refractivity contribution in [1.82, 2.24) is 14.7 Å². The van der Waals surface area contributed by atoms with Gasteiger partial charge in [-0.1, -0.05) is 36.8 Å². The van der Waals surface area contributed by atoms with E-state index in [9.17, 15) is 4.79 Å². The first-order valence-electron chi connectivity index (χ1n) is 12.4. The van der Waals surface area contributed by atoms with Gasteiger partial charge in [0, 0.05) is 50.3 Å². The van der Waals surface area contributed by atoms with Gasteiger partial charge in [0.2, 0.25) is 0 Å². The summed E-state index contributed by atoms with van der Waals surface area (Å²) in [6, 6.07) is 21.4. The summed E-state index contributed by atoms with van der Waals surface area (Å²) in [5.74, 6) is -0.0884. The van der Waals surface area contributed by atoms with Crippen molar-refractivity contribution in [2.24, 2.45) is 0 Å². The minimum atomic E-state index is -0.0884. The van der Waals surface area contributed by atoms with Crippen molar-refractivity contribution in [3.8, 4) is 0 Å². The molecule has 1 aliphatic heterocycles. The fraction of sp³-hybridized carbons (Fsp3) is 0.310. The number of aryl methyl sites for hydroxylation is 3. The molecule has 0 aliphatic carbocycles. The van der Waals surface area contributed by atoms with Gasteiger partial charge in [0.15, 0.2) is 0 Å². The highest BCUT2D eigenvalue weighted by atomic mass is 16.1. The topological polar surface area (TPSA) is 52.9 Å². The molecular weight excluding hydrogens is 434 g/mol. The molecule has 0 saturated carbocycles. The van der Waals surface area contributed by atoms with E-state index in [1.807, 2.05) is 36.6 Å². The van der Waals surface area contributed by atoms with Gasteiger partial charge in [-0.3, -0.25) is 9.20 Å². The maximum atomic E-state index is 13.1. The van der Waals surface area contributed by atoms with Crippen molar-refractivity contribution >= 4 is 22.9 Å². The van der Waals surface area contributed by atoms with Crippen molar-refractivity contribution in [1.29, 1.82) is 0 Å². The lowest BCUT2D eigenvalue weighted by Crippen LogP contribution is -2.46. The lowest BCUT2D eigenvalue weighted by Gasteiger charge is -2.37. The number of hydrogen-bond acceptors (Lipinski definition) is 4. The van der Waals surface area contributed by atoms with Crippen LogP contribution in [-0.4, -0.2) is 41.5 Å². The molecule has 1 fully saturated rings. The number of nitrogens with zero attached hydrogens (tertiary/aromatic N) is 4. The Kier molecular flexibility index (Phi) is 6.45. The summed E-state index contributed by atoms with van der Waals surface area (Å²) in [5, 5.41) is 3.09. The van der Waals surface area contributed by atoms with Crippen LogP contribution in [-0.2, 0) is 13.0 Å². The fourth-order valence-corrected chi connectivity index (χ4v) is 4.75. The number of piperazine rings is 1. The molecule has 0 spiro atoms. The molecule has 0 radical (unpaired) electrons. The number of benzene rings is 2. The molecule has 0 atom stereocenters. The van der Waals surface area contributed by atoms with Gasteiger partial charge in [-0.05, 0) is 67.8 Å². The summed E-state index contributed by atoms with van der Waals surface area (Å²) in [5.41, 5.74) is 8.32. The summed E-state index contributed by atoms with van der Waals surface area (Å²) < 4.78 is 1.89. The van der Waals surface area contributed by atoms with Crippen molar-refractivity contribution in [2.45, 2.75) is 33.7 Å². The molecule has 5 rings (SSSR count). The van der Waals surface area contributed by atoms with E-state index in [4.69, 9.17) is 0 Å². The Bertz CT molecular complexity index is 1320. The van der Waals surface area contributed by atoms with Crippen LogP contribution < -0.4 is 15.1 Å². The number of amides is 1. The molecule has 3 heterocycles. The molecule has 1 saturated heterocycles. The standard InChI is InChI=1S/C29H33N5O/c1-4-26-28(34-14-13-22(3)19-27(34)31-26)29(35)30-20-23-7-11-25(12-8-23)33-17-15-32(16-18-33)24-9-5-21(2)6-10-24/h5-14,19H,4,15-18,20H2,1-3H3,(H,30,35). The zero-order chi connectivity index (χ0) is 24.4. The second-order valence-corrected chi connectivity index (χ2v) is 9.35. The van der Waals surface area contributed by atoms with Gasteiger partial charge in [0.25, 0.3) is 5.91 Å². The zero-order valence-electron chi connectivity index (χ0n) is 20.8. The maximum absolute atomic E-state index is 13.1. The third-order valence-electron chi connectivity index (χ3n) is 6.84. The molecule has 35 heavy (non-hydrogen) atoms. The number of carbonyl (C=O) groups is 1. The van der Waals surface area contributed by atoms with E-state index in [1.165, 1.54) is 16.9 Å². The van der Waals surface area contributed by atoms with Crippen molar-refractivity contribution in [3.63, 3.8) is 0 Å². The average Bonchev–Trinajstić information content (AvgIpc) is 3.26. The average molecular weight is 468 g/mol. The Balaban J connectivity index is 1.19. The molecule has 1 amide bonds. The fourth-order valence-electron chi connectivity index (χ4n) is 4.75. The Morgan fingerprint density at radius 1 is 0.857 bits per heavy atom. The molecule has 0 unspecified atom stereocenters. The first-order valence-corrected chi connectivity index (χ1v) is 12.4. The third-order valence-corrected chi connectivity index (χ3v) is 6.84. The van der Waals surface area contributed by atoms with Crippen LogP contribution in [0.5, 0.6) is 0 Å². The predicted molar refractivity (Wildman–Crippen MR) is 143 cm³/mol. The van der Waals surface area contributed by atoms with E-state index < -0.39 is 0 Å². The van der Waals surface area contributed by atoms with E-state index in [0.717, 1.165) is 55.1 Å². The zero-order valence-corrected chi connectivity index (χ0v) is 20.8. The number of nitrogens with one attached hydrogen (secondary N) is 1. The molecule has 0 bridgehead atoms. The molecule has 6 heteroatoms. The van der Waals surface area contributed by atoms with Gasteiger partial charge in [0.1, 0.15) is 11.3 Å². The Morgan fingerprint density at radius 3 is 2.06 bits per heavy atom. The predicted octanol–water partition coefficient (Wildman–Crippen LogP) is 4.77. The number of pyridine rings is 1. The smallest absolute Gasteiger partial charge is 0.270 e. The quantitative estimate of drug-likeness (QED) is 0.444. The van der Waals surface area contributed by atoms with Crippen LogP contribution >= 0.6 is 0 Å². The van der Waals surface area contributed by atoms with Gasteiger partial charge in [-0.15, -0.1) is 0 Å². The van der Waals surface area contributed by atoms with Gasteiger partial charge < -0.3 is 15.1 Å². The normalized spacial score (nSPS) is 13.9. The number of rotatable bonds is 6. The van der Waals surface area contributed by atoms with E-state index >= 15 is 0 Å². The van der Waals surface area contributed by atoms with Gasteiger partial charge in [-0.2, -0.15) is 0 Å². The molecular formula is C29H33N5O. The number of aromatic nitrogens is 2. The molecule has 2 aromatic carbocycles. The first kappa shape index (κ1) is 23.0. The number of hydrogen-bond donors (Lipinski definition) is 1. The second kappa shape index (κ2) is 9.82. The highest BCUT2D eigenvalue weighted by Crippen LogP contribution is 2.22. The molecule has 180 valence electrons. The molecule has 6 nitrogen and oxygen atoms in total. The first-order chi connectivity index (χ1) is 17.0. The van der Waals surface area contributed by atoms with Crippen LogP contribution in [0.1, 0.15) is 39.8 Å². The molecule has 2 aromatic heterocycles. The minimum Gasteiger partial charge on any atom is -0.368 e. The summed E-state index contributed by atoms with van der Waals surface area (Å²) in [7, 11) is 0. The van der Waals surface area contributed by atoms with Crippen molar-refractivity contribution in [2.75, 3.05) is 36.0 Å². The van der Waals surface area contributed by atoms with E-state index in [1.54, 1.807) is 0 Å². The summed E-state index contributed by atoms with van der Waals surface area (Å²) in [4.78, 5) is 22.6. The van der Waals surface area contributed by atoms with Crippen molar-refractivity contribution in [3.05, 3.63) is 94.9 Å². The van der Waals surface area contributed by atoms with E-state index in [0.29, 0.717) is 12.2 Å². The highest BCUT2D eigenvalue weighted by Gasteiger charge is 2.19. The van der Waals surface area contributed by atoms with Crippen molar-refractivity contribution < 1.29 is 4.79 Å². The minimum absolute atomic E-state index is 0.0884. The number of carbonyl (C=O) groups excluding carboxylic acids is 1. The molecule has 1 N–H and O–H groups in total. The lowest BCUT2D eigenvalue weighted by atomic mass is 10.1. The second-order valence-electron chi connectivity index (χ2n) is 9.35. The van der Waals surface area contributed by atoms with E-state index in [2.05, 4.69) is 75.6 Å². The Labute approximate surface area is 207 Å². The van der Waals surface area contributed by atoms with Gasteiger partial charge >= 0.3 is 0 Å². The van der Waals surface area contributed by atoms with Crippen LogP contribution in [0.3, 0.4) is 0 Å². The number of anilines is 2. The van der Waals surface area contributed by atoms with Gasteiger partial charge in [0.05, 0.1) is 5.69 Å². The van der Waals surface area contributed by atoms with Crippen LogP contribution in [0.15, 0.2) is 66.9 Å².